The van der Waals surface area contributed by atoms with Crippen LogP contribution in [0.2, 0.25) is 0 Å². The van der Waals surface area contributed by atoms with Crippen LogP contribution in [-0.4, -0.2) is 23.2 Å². The summed E-state index contributed by atoms with van der Waals surface area (Å²) in [6, 6.07) is 4.98. The number of nitrogens with one attached hydrogen (secondary N) is 1. The van der Waals surface area contributed by atoms with Gasteiger partial charge in [-0.05, 0) is 37.9 Å². The third-order valence-electron chi connectivity index (χ3n) is 3.52. The Bertz CT molecular complexity index is 582. The minimum absolute atomic E-state index is 0. The standard InChI is InChI=1S/C14H16FN3O.ClH/c1-9-4-5-10(7-12(9)15)13-17-14(19-18-13)11-3-2-6-16-8-11;/h4-5,7,11,16H,2-3,6,8H2,1H3;1H. The smallest absolute Gasteiger partial charge is 0.231 e. The van der Waals surface area contributed by atoms with Gasteiger partial charge in [0.25, 0.3) is 0 Å². The number of rotatable bonds is 2. The number of aromatic nitrogens is 2. The second-order valence-electron chi connectivity index (χ2n) is 4.96. The predicted octanol–water partition coefficient (Wildman–Crippen LogP) is 3.07. The Hall–Kier alpha value is -1.46. The first-order chi connectivity index (χ1) is 9.24. The lowest BCUT2D eigenvalue weighted by molar-refractivity contribution is 0.322. The molecule has 0 bridgehead atoms. The molecule has 1 aromatic heterocycles. The lowest BCUT2D eigenvalue weighted by Gasteiger charge is -2.18. The fourth-order valence-electron chi connectivity index (χ4n) is 2.31. The lowest BCUT2D eigenvalue weighted by atomic mass is 10.00. The zero-order valence-corrected chi connectivity index (χ0v) is 12.0. The second-order valence-corrected chi connectivity index (χ2v) is 4.96. The largest absolute Gasteiger partial charge is 0.339 e. The summed E-state index contributed by atoms with van der Waals surface area (Å²) in [5.74, 6) is 1.12. The first-order valence-electron chi connectivity index (χ1n) is 6.55. The van der Waals surface area contributed by atoms with Crippen molar-refractivity contribution >= 4 is 12.4 Å². The van der Waals surface area contributed by atoms with Gasteiger partial charge in [0.15, 0.2) is 0 Å². The van der Waals surface area contributed by atoms with Crippen LogP contribution < -0.4 is 5.32 Å². The molecule has 2 aromatic rings. The van der Waals surface area contributed by atoms with E-state index >= 15 is 0 Å². The number of benzene rings is 1. The Kier molecular flexibility index (Phi) is 4.73. The van der Waals surface area contributed by atoms with E-state index < -0.39 is 0 Å². The van der Waals surface area contributed by atoms with Crippen molar-refractivity contribution in [3.8, 4) is 11.4 Å². The summed E-state index contributed by atoms with van der Waals surface area (Å²) in [5, 5.41) is 7.26. The molecular formula is C14H17ClFN3O. The van der Waals surface area contributed by atoms with Gasteiger partial charge in [-0.1, -0.05) is 17.3 Å². The zero-order valence-electron chi connectivity index (χ0n) is 11.2. The van der Waals surface area contributed by atoms with Crippen LogP contribution in [0.3, 0.4) is 0 Å². The number of aryl methyl sites for hydroxylation is 1. The van der Waals surface area contributed by atoms with Crippen LogP contribution in [0.5, 0.6) is 0 Å². The van der Waals surface area contributed by atoms with Crippen molar-refractivity contribution in [3.63, 3.8) is 0 Å². The first kappa shape index (κ1) is 14.9. The topological polar surface area (TPSA) is 51.0 Å². The SMILES string of the molecule is Cc1ccc(-c2noc(C3CCCNC3)n2)cc1F.Cl. The molecule has 108 valence electrons. The Labute approximate surface area is 123 Å². The number of hydrogen-bond acceptors (Lipinski definition) is 4. The predicted molar refractivity (Wildman–Crippen MR) is 76.5 cm³/mol. The van der Waals surface area contributed by atoms with Gasteiger partial charge >= 0.3 is 0 Å². The van der Waals surface area contributed by atoms with Crippen LogP contribution in [0.4, 0.5) is 4.39 Å². The van der Waals surface area contributed by atoms with Gasteiger partial charge in [-0.15, -0.1) is 12.4 Å². The van der Waals surface area contributed by atoms with Gasteiger partial charge in [-0.2, -0.15) is 4.98 Å². The van der Waals surface area contributed by atoms with Crippen LogP contribution in [0.1, 0.15) is 30.2 Å². The molecule has 1 aliphatic rings. The molecule has 6 heteroatoms. The molecule has 1 unspecified atom stereocenters. The van der Waals surface area contributed by atoms with Crippen molar-refractivity contribution in [2.45, 2.75) is 25.7 Å². The lowest BCUT2D eigenvalue weighted by Crippen LogP contribution is -2.28. The van der Waals surface area contributed by atoms with Gasteiger partial charge in [0.1, 0.15) is 5.82 Å². The van der Waals surface area contributed by atoms with E-state index in [0.717, 1.165) is 25.9 Å². The first-order valence-corrected chi connectivity index (χ1v) is 6.55. The molecule has 0 spiro atoms. The van der Waals surface area contributed by atoms with Crippen molar-refractivity contribution < 1.29 is 8.91 Å². The van der Waals surface area contributed by atoms with Crippen molar-refractivity contribution in [2.75, 3.05) is 13.1 Å². The minimum atomic E-state index is -0.247. The molecule has 1 N–H and O–H groups in total. The van der Waals surface area contributed by atoms with E-state index in [2.05, 4.69) is 15.5 Å². The Morgan fingerprint density at radius 2 is 2.25 bits per heavy atom. The number of halogens is 2. The summed E-state index contributed by atoms with van der Waals surface area (Å²) in [6.07, 6.45) is 2.17. The van der Waals surface area contributed by atoms with Gasteiger partial charge < -0.3 is 9.84 Å². The van der Waals surface area contributed by atoms with Gasteiger partial charge in [0, 0.05) is 12.1 Å². The molecule has 1 aliphatic heterocycles. The summed E-state index contributed by atoms with van der Waals surface area (Å²) in [6.45, 7) is 3.64. The highest BCUT2D eigenvalue weighted by Gasteiger charge is 2.21. The molecular weight excluding hydrogens is 281 g/mol. The van der Waals surface area contributed by atoms with E-state index in [4.69, 9.17) is 4.52 Å². The van der Waals surface area contributed by atoms with Gasteiger partial charge in [-0.3, -0.25) is 0 Å². The highest BCUT2D eigenvalue weighted by Crippen LogP contribution is 2.25. The van der Waals surface area contributed by atoms with Crippen molar-refractivity contribution in [1.29, 1.82) is 0 Å². The Morgan fingerprint density at radius 3 is 2.95 bits per heavy atom. The molecule has 1 atom stereocenters. The normalized spacial score (nSPS) is 18.6. The van der Waals surface area contributed by atoms with Crippen LogP contribution in [0.25, 0.3) is 11.4 Å². The molecule has 0 saturated carbocycles. The molecule has 1 saturated heterocycles. The monoisotopic (exact) mass is 297 g/mol. The molecule has 0 radical (unpaired) electrons. The molecule has 0 aliphatic carbocycles. The van der Waals surface area contributed by atoms with Crippen LogP contribution >= 0.6 is 12.4 Å². The Morgan fingerprint density at radius 1 is 1.40 bits per heavy atom. The summed E-state index contributed by atoms with van der Waals surface area (Å²) < 4.78 is 18.8. The highest BCUT2D eigenvalue weighted by molar-refractivity contribution is 5.85. The van der Waals surface area contributed by atoms with E-state index in [1.165, 1.54) is 6.07 Å². The zero-order chi connectivity index (χ0) is 13.2. The highest BCUT2D eigenvalue weighted by atomic mass is 35.5. The van der Waals surface area contributed by atoms with Crippen LogP contribution in [0, 0.1) is 12.7 Å². The van der Waals surface area contributed by atoms with Crippen molar-refractivity contribution in [3.05, 3.63) is 35.5 Å². The van der Waals surface area contributed by atoms with E-state index in [-0.39, 0.29) is 24.1 Å². The number of piperidine rings is 1. The fourth-order valence-corrected chi connectivity index (χ4v) is 2.31. The van der Waals surface area contributed by atoms with Crippen LogP contribution in [0.15, 0.2) is 22.7 Å². The number of nitrogens with zero attached hydrogens (tertiary/aromatic N) is 2. The van der Waals surface area contributed by atoms with Crippen molar-refractivity contribution in [2.24, 2.45) is 0 Å². The Balaban J connectivity index is 0.00000147. The fraction of sp³-hybridized carbons (Fsp3) is 0.429. The van der Waals surface area contributed by atoms with Crippen LogP contribution in [-0.2, 0) is 0 Å². The molecule has 4 nitrogen and oxygen atoms in total. The summed E-state index contributed by atoms with van der Waals surface area (Å²) >= 11 is 0. The third-order valence-corrected chi connectivity index (χ3v) is 3.52. The van der Waals surface area contributed by atoms with Gasteiger partial charge in [0.2, 0.25) is 11.7 Å². The van der Waals surface area contributed by atoms with E-state index in [1.807, 2.05) is 6.07 Å². The molecule has 0 amide bonds. The average Bonchev–Trinajstić information content (AvgIpc) is 2.93. The quantitative estimate of drug-likeness (QED) is 0.925. The summed E-state index contributed by atoms with van der Waals surface area (Å²) in [4.78, 5) is 4.39. The molecule has 3 rings (SSSR count). The van der Waals surface area contributed by atoms with E-state index in [9.17, 15) is 4.39 Å². The third kappa shape index (κ3) is 2.99. The van der Waals surface area contributed by atoms with Crippen molar-refractivity contribution in [1.82, 2.24) is 15.5 Å². The summed E-state index contributed by atoms with van der Waals surface area (Å²) in [7, 11) is 0. The number of hydrogen-bond donors (Lipinski definition) is 1. The van der Waals surface area contributed by atoms with E-state index in [1.54, 1.807) is 13.0 Å². The van der Waals surface area contributed by atoms with Gasteiger partial charge in [0.05, 0.1) is 5.92 Å². The molecule has 1 fully saturated rings. The summed E-state index contributed by atoms with van der Waals surface area (Å²) in [5.41, 5.74) is 1.27. The molecule has 2 heterocycles. The maximum Gasteiger partial charge on any atom is 0.231 e. The maximum atomic E-state index is 13.5. The second kappa shape index (κ2) is 6.33. The van der Waals surface area contributed by atoms with E-state index in [0.29, 0.717) is 22.8 Å². The molecule has 1 aromatic carbocycles. The molecule has 20 heavy (non-hydrogen) atoms. The average molecular weight is 298 g/mol. The minimum Gasteiger partial charge on any atom is -0.339 e. The van der Waals surface area contributed by atoms with Gasteiger partial charge in [-0.25, -0.2) is 4.39 Å². The maximum absolute atomic E-state index is 13.5.